The first kappa shape index (κ1) is 26.0. The highest BCUT2D eigenvalue weighted by Crippen LogP contribution is 2.32. The maximum Gasteiger partial charge on any atom is 0.272 e. The van der Waals surface area contributed by atoms with Gasteiger partial charge in [0.25, 0.3) is 11.8 Å². The smallest absolute Gasteiger partial charge is 0.272 e. The summed E-state index contributed by atoms with van der Waals surface area (Å²) in [6.07, 6.45) is 2.73. The average Bonchev–Trinajstić information content (AvgIpc) is 3.54. The van der Waals surface area contributed by atoms with E-state index in [1.54, 1.807) is 37.5 Å². The molecule has 5 aromatic rings. The summed E-state index contributed by atoms with van der Waals surface area (Å²) < 4.78 is 16.3. The van der Waals surface area contributed by atoms with Crippen LogP contribution in [0.2, 0.25) is 10.0 Å². The van der Waals surface area contributed by atoms with Gasteiger partial charge in [0, 0.05) is 24.9 Å². The van der Waals surface area contributed by atoms with Gasteiger partial charge in [-0.3, -0.25) is 19.3 Å². The summed E-state index contributed by atoms with van der Waals surface area (Å²) in [5.41, 5.74) is 2.10. The van der Waals surface area contributed by atoms with Crippen LogP contribution in [0, 0.1) is 5.82 Å². The zero-order valence-corrected chi connectivity index (χ0v) is 21.8. The van der Waals surface area contributed by atoms with Crippen LogP contribution in [-0.2, 0) is 13.6 Å². The minimum Gasteiger partial charge on any atom is -0.345 e. The first-order chi connectivity index (χ1) is 18.8. The van der Waals surface area contributed by atoms with Gasteiger partial charge in [0.2, 0.25) is 0 Å². The predicted octanol–water partition coefficient (Wildman–Crippen LogP) is 4.69. The van der Waals surface area contributed by atoms with Crippen LogP contribution in [0.1, 0.15) is 26.5 Å². The number of nitrogens with zero attached hydrogens (tertiary/aromatic N) is 6. The van der Waals surface area contributed by atoms with E-state index in [4.69, 9.17) is 23.2 Å². The molecule has 2 N–H and O–H groups in total. The standard InChI is InChI=1S/C26H19Cl2FN8O2/c1-36-14-16(33-35-36)13-31-26(39)23-11-24(37(34-23)17-5-3-2-4-6-17)32-25(38)19-9-18(20(27)10-21(19)28)22-8-7-15(29)12-30-22/h2-12,14H,13H2,1H3,(H,31,39)(H,32,38). The summed E-state index contributed by atoms with van der Waals surface area (Å²) in [5.74, 6) is -1.33. The van der Waals surface area contributed by atoms with Gasteiger partial charge in [-0.1, -0.05) is 46.6 Å². The van der Waals surface area contributed by atoms with E-state index in [2.05, 4.69) is 31.0 Å². The highest BCUT2D eigenvalue weighted by molar-refractivity contribution is 6.38. The van der Waals surface area contributed by atoms with E-state index in [0.29, 0.717) is 22.6 Å². The number of hydrogen-bond donors (Lipinski definition) is 2. The number of aryl methyl sites for hydroxylation is 1. The Morgan fingerprint density at radius 1 is 1.00 bits per heavy atom. The number of amides is 2. The van der Waals surface area contributed by atoms with Crippen LogP contribution in [0.25, 0.3) is 16.9 Å². The van der Waals surface area contributed by atoms with Crippen molar-refractivity contribution in [2.75, 3.05) is 5.32 Å². The van der Waals surface area contributed by atoms with Crippen molar-refractivity contribution in [3.8, 4) is 16.9 Å². The fourth-order valence-corrected chi connectivity index (χ4v) is 4.29. The molecule has 0 spiro atoms. The molecule has 0 aliphatic carbocycles. The second kappa shape index (κ2) is 11.0. The van der Waals surface area contributed by atoms with Gasteiger partial charge in [-0.15, -0.1) is 5.10 Å². The number of pyridine rings is 1. The van der Waals surface area contributed by atoms with Crippen molar-refractivity contribution in [1.29, 1.82) is 0 Å². The molecule has 0 saturated carbocycles. The van der Waals surface area contributed by atoms with Gasteiger partial charge in [-0.2, -0.15) is 5.10 Å². The molecule has 0 bridgehead atoms. The second-order valence-electron chi connectivity index (χ2n) is 8.36. The summed E-state index contributed by atoms with van der Waals surface area (Å²) in [6.45, 7) is 0.146. The zero-order valence-electron chi connectivity index (χ0n) is 20.3. The number of aromatic nitrogens is 6. The second-order valence-corrected chi connectivity index (χ2v) is 9.17. The molecule has 2 aromatic carbocycles. The van der Waals surface area contributed by atoms with E-state index in [0.717, 1.165) is 6.20 Å². The number of rotatable bonds is 7. The SMILES string of the molecule is Cn1cc(CNC(=O)c2cc(NC(=O)c3cc(-c4ccc(F)cn4)c(Cl)cc3Cl)n(-c3ccccc3)n2)nn1. The molecule has 196 valence electrons. The van der Waals surface area contributed by atoms with E-state index in [1.807, 2.05) is 6.07 Å². The molecule has 0 atom stereocenters. The van der Waals surface area contributed by atoms with Crippen molar-refractivity contribution in [1.82, 2.24) is 35.1 Å². The Balaban J connectivity index is 1.45. The summed E-state index contributed by atoms with van der Waals surface area (Å²) >= 11 is 12.7. The number of halogens is 3. The minimum atomic E-state index is -0.580. The fourth-order valence-electron chi connectivity index (χ4n) is 3.72. The van der Waals surface area contributed by atoms with Gasteiger partial charge in [0.05, 0.1) is 39.7 Å². The Kier molecular flexibility index (Phi) is 7.35. The van der Waals surface area contributed by atoms with E-state index in [9.17, 15) is 14.0 Å². The van der Waals surface area contributed by atoms with Crippen molar-refractivity contribution in [3.63, 3.8) is 0 Å². The lowest BCUT2D eigenvalue weighted by Crippen LogP contribution is -2.23. The molecule has 3 aromatic heterocycles. The first-order valence-corrected chi connectivity index (χ1v) is 12.3. The van der Waals surface area contributed by atoms with Crippen molar-refractivity contribution in [2.45, 2.75) is 6.54 Å². The molecule has 0 saturated heterocycles. The Morgan fingerprint density at radius 3 is 2.49 bits per heavy atom. The van der Waals surface area contributed by atoms with Crippen molar-refractivity contribution < 1.29 is 14.0 Å². The molecule has 0 radical (unpaired) electrons. The van der Waals surface area contributed by atoms with Crippen LogP contribution in [0.5, 0.6) is 0 Å². The van der Waals surface area contributed by atoms with Gasteiger partial charge >= 0.3 is 0 Å². The number of anilines is 1. The van der Waals surface area contributed by atoms with E-state index in [-0.39, 0.29) is 33.7 Å². The van der Waals surface area contributed by atoms with Crippen LogP contribution in [-0.4, -0.2) is 41.6 Å². The third-order valence-corrected chi connectivity index (χ3v) is 6.19. The van der Waals surface area contributed by atoms with Gasteiger partial charge < -0.3 is 10.6 Å². The third-order valence-electron chi connectivity index (χ3n) is 5.57. The summed E-state index contributed by atoms with van der Waals surface area (Å²) in [6, 6.07) is 16.0. The highest BCUT2D eigenvalue weighted by Gasteiger charge is 2.21. The maximum atomic E-state index is 13.4. The number of carbonyl (C=O) groups is 2. The lowest BCUT2D eigenvalue weighted by Gasteiger charge is -2.12. The van der Waals surface area contributed by atoms with E-state index >= 15 is 0 Å². The Morgan fingerprint density at radius 2 is 1.79 bits per heavy atom. The number of carbonyl (C=O) groups excluding carboxylic acids is 2. The number of para-hydroxylation sites is 1. The number of benzene rings is 2. The van der Waals surface area contributed by atoms with Crippen LogP contribution >= 0.6 is 23.2 Å². The molecule has 0 unspecified atom stereocenters. The van der Waals surface area contributed by atoms with Gasteiger partial charge in [-0.25, -0.2) is 9.07 Å². The topological polar surface area (TPSA) is 120 Å². The lowest BCUT2D eigenvalue weighted by molar-refractivity contribution is 0.0944. The minimum absolute atomic E-state index is 0.0662. The molecule has 10 nitrogen and oxygen atoms in total. The van der Waals surface area contributed by atoms with Crippen LogP contribution < -0.4 is 10.6 Å². The molecular formula is C26H19Cl2FN8O2. The van der Waals surface area contributed by atoms with Gasteiger partial charge in [0.15, 0.2) is 5.69 Å². The predicted molar refractivity (Wildman–Crippen MR) is 143 cm³/mol. The van der Waals surface area contributed by atoms with Gasteiger partial charge in [0.1, 0.15) is 17.3 Å². The van der Waals surface area contributed by atoms with Crippen LogP contribution in [0.15, 0.2) is 73.1 Å². The summed E-state index contributed by atoms with van der Waals surface area (Å²) in [5, 5.41) is 18.0. The molecule has 0 aliphatic heterocycles. The fraction of sp³-hybridized carbons (Fsp3) is 0.0769. The number of hydrogen-bond acceptors (Lipinski definition) is 6. The van der Waals surface area contributed by atoms with E-state index in [1.165, 1.54) is 39.7 Å². The molecule has 2 amide bonds. The molecule has 5 rings (SSSR count). The summed E-state index contributed by atoms with van der Waals surface area (Å²) in [4.78, 5) is 30.3. The normalized spacial score (nSPS) is 10.9. The molecule has 13 heteroatoms. The van der Waals surface area contributed by atoms with Crippen molar-refractivity contribution in [3.05, 3.63) is 106 Å². The highest BCUT2D eigenvalue weighted by atomic mass is 35.5. The third kappa shape index (κ3) is 5.79. The molecule has 0 fully saturated rings. The monoisotopic (exact) mass is 564 g/mol. The van der Waals surface area contributed by atoms with Crippen LogP contribution in [0.3, 0.4) is 0 Å². The average molecular weight is 565 g/mol. The lowest BCUT2D eigenvalue weighted by atomic mass is 10.1. The first-order valence-electron chi connectivity index (χ1n) is 11.5. The Hall–Kier alpha value is -4.61. The Labute approximate surface area is 231 Å². The number of nitrogens with one attached hydrogen (secondary N) is 2. The quantitative estimate of drug-likeness (QED) is 0.296. The van der Waals surface area contributed by atoms with Crippen LogP contribution in [0.4, 0.5) is 10.2 Å². The van der Waals surface area contributed by atoms with Crippen molar-refractivity contribution in [2.24, 2.45) is 7.05 Å². The zero-order chi connectivity index (χ0) is 27.5. The molecule has 39 heavy (non-hydrogen) atoms. The molecular weight excluding hydrogens is 546 g/mol. The summed E-state index contributed by atoms with van der Waals surface area (Å²) in [7, 11) is 1.72. The maximum absolute atomic E-state index is 13.4. The largest absolute Gasteiger partial charge is 0.345 e. The van der Waals surface area contributed by atoms with E-state index < -0.39 is 17.6 Å². The molecule has 3 heterocycles. The Bertz CT molecular complexity index is 1670. The van der Waals surface area contributed by atoms with Crippen molar-refractivity contribution >= 4 is 40.8 Å². The molecule has 0 aliphatic rings. The van der Waals surface area contributed by atoms with Gasteiger partial charge in [-0.05, 0) is 36.4 Å².